The third kappa shape index (κ3) is 3.59. The van der Waals surface area contributed by atoms with Crippen LogP contribution in [0.25, 0.3) is 0 Å². The Morgan fingerprint density at radius 2 is 2.39 bits per heavy atom. The number of carbonyl (C=O) groups is 1. The van der Waals surface area contributed by atoms with Crippen molar-refractivity contribution in [2.75, 3.05) is 0 Å². The van der Waals surface area contributed by atoms with Gasteiger partial charge in [-0.3, -0.25) is 9.78 Å². The molecule has 2 rings (SSSR count). The second-order valence-electron chi connectivity index (χ2n) is 3.92. The van der Waals surface area contributed by atoms with Crippen LogP contribution in [0.1, 0.15) is 22.6 Å². The van der Waals surface area contributed by atoms with Crippen LogP contribution in [0.3, 0.4) is 0 Å². The highest BCUT2D eigenvalue weighted by Gasteiger charge is 2.06. The predicted molar refractivity (Wildman–Crippen MR) is 69.1 cm³/mol. The maximum atomic E-state index is 11.7. The van der Waals surface area contributed by atoms with E-state index in [9.17, 15) is 4.79 Å². The van der Waals surface area contributed by atoms with E-state index in [0.717, 1.165) is 16.1 Å². The number of hydrogen-bond donors (Lipinski definition) is 1. The van der Waals surface area contributed by atoms with Crippen molar-refractivity contribution in [3.05, 3.63) is 40.7 Å². The Kier molecular flexibility index (Phi) is 4.35. The van der Waals surface area contributed by atoms with E-state index in [-0.39, 0.29) is 5.91 Å². The summed E-state index contributed by atoms with van der Waals surface area (Å²) in [6.45, 7) is 2.40. The first-order chi connectivity index (χ1) is 8.75. The van der Waals surface area contributed by atoms with E-state index in [1.165, 1.54) is 11.5 Å². The topological polar surface area (TPSA) is 67.8 Å². The molecule has 0 fully saturated rings. The van der Waals surface area contributed by atoms with Gasteiger partial charge in [-0.25, -0.2) is 0 Å². The van der Waals surface area contributed by atoms with Crippen LogP contribution in [-0.4, -0.2) is 20.5 Å². The highest BCUT2D eigenvalue weighted by Crippen LogP contribution is 2.08. The first-order valence-corrected chi connectivity index (χ1v) is 6.46. The van der Waals surface area contributed by atoms with Gasteiger partial charge in [0.2, 0.25) is 5.91 Å². The van der Waals surface area contributed by atoms with E-state index in [2.05, 4.69) is 19.9 Å². The molecule has 2 heterocycles. The summed E-state index contributed by atoms with van der Waals surface area (Å²) in [5.41, 5.74) is 1.95. The lowest BCUT2D eigenvalue weighted by Gasteiger charge is -2.03. The second-order valence-corrected chi connectivity index (χ2v) is 4.76. The quantitative estimate of drug-likeness (QED) is 0.886. The fraction of sp³-hybridized carbons (Fsp3) is 0.333. The number of pyridine rings is 1. The Hall–Kier alpha value is -1.82. The predicted octanol–water partition coefficient (Wildman–Crippen LogP) is 1.49. The average molecular weight is 262 g/mol. The summed E-state index contributed by atoms with van der Waals surface area (Å²) in [6.07, 6.45) is 4.68. The second kappa shape index (κ2) is 6.20. The molecule has 0 aliphatic heterocycles. The maximum absolute atomic E-state index is 11.7. The Morgan fingerprint density at radius 3 is 3.06 bits per heavy atom. The van der Waals surface area contributed by atoms with Gasteiger partial charge in [0, 0.05) is 18.8 Å². The largest absolute Gasteiger partial charge is 0.351 e. The van der Waals surface area contributed by atoms with Gasteiger partial charge in [0.05, 0.1) is 17.1 Å². The zero-order valence-corrected chi connectivity index (χ0v) is 10.9. The van der Waals surface area contributed by atoms with Crippen molar-refractivity contribution in [1.82, 2.24) is 19.9 Å². The molecule has 0 radical (unpaired) electrons. The summed E-state index contributed by atoms with van der Waals surface area (Å²) >= 11 is 1.32. The monoisotopic (exact) mass is 262 g/mol. The molecule has 0 aliphatic rings. The summed E-state index contributed by atoms with van der Waals surface area (Å²) in [7, 11) is 0. The van der Waals surface area contributed by atoms with Crippen LogP contribution < -0.4 is 5.32 Å². The number of amides is 1. The van der Waals surface area contributed by atoms with E-state index in [4.69, 9.17) is 0 Å². The van der Waals surface area contributed by atoms with Gasteiger partial charge in [0.15, 0.2) is 0 Å². The minimum absolute atomic E-state index is 0.0339. The van der Waals surface area contributed by atoms with Gasteiger partial charge in [0.25, 0.3) is 0 Å². The fourth-order valence-corrected chi connectivity index (χ4v) is 2.06. The van der Waals surface area contributed by atoms with Crippen molar-refractivity contribution >= 4 is 17.4 Å². The number of nitrogens with one attached hydrogen (secondary N) is 1. The Bertz CT molecular complexity index is 512. The van der Waals surface area contributed by atoms with E-state index in [0.29, 0.717) is 19.4 Å². The van der Waals surface area contributed by atoms with Gasteiger partial charge < -0.3 is 5.32 Å². The molecule has 0 aromatic carbocycles. The van der Waals surface area contributed by atoms with Gasteiger partial charge >= 0.3 is 0 Å². The summed E-state index contributed by atoms with van der Waals surface area (Å²) in [5.74, 6) is 0.0339. The van der Waals surface area contributed by atoms with Gasteiger partial charge in [0.1, 0.15) is 0 Å². The van der Waals surface area contributed by atoms with Gasteiger partial charge in [-0.15, -0.1) is 5.10 Å². The molecule has 94 valence electrons. The van der Waals surface area contributed by atoms with Crippen molar-refractivity contribution in [3.8, 4) is 0 Å². The highest BCUT2D eigenvalue weighted by molar-refractivity contribution is 7.05. The number of rotatable bonds is 5. The molecular formula is C12H14N4OS. The van der Waals surface area contributed by atoms with E-state index in [1.807, 2.05) is 19.1 Å². The van der Waals surface area contributed by atoms with Gasteiger partial charge in [-0.1, -0.05) is 10.6 Å². The molecule has 1 amide bonds. The first kappa shape index (κ1) is 12.6. The highest BCUT2D eigenvalue weighted by atomic mass is 32.1. The molecule has 2 aromatic rings. The zero-order valence-electron chi connectivity index (χ0n) is 10.1. The van der Waals surface area contributed by atoms with Crippen LogP contribution in [0.4, 0.5) is 0 Å². The molecule has 2 aromatic heterocycles. The van der Waals surface area contributed by atoms with Crippen molar-refractivity contribution in [2.24, 2.45) is 0 Å². The Balaban J connectivity index is 1.75. The summed E-state index contributed by atoms with van der Waals surface area (Å²) in [6, 6.07) is 3.84. The maximum Gasteiger partial charge on any atom is 0.220 e. The summed E-state index contributed by atoms with van der Waals surface area (Å²) in [4.78, 5) is 16.7. The molecule has 18 heavy (non-hydrogen) atoms. The Morgan fingerprint density at radius 1 is 1.50 bits per heavy atom. The lowest BCUT2D eigenvalue weighted by atomic mass is 10.1. The van der Waals surface area contributed by atoms with Gasteiger partial charge in [-0.05, 0) is 36.5 Å². The SMILES string of the molecule is Cc1nnsc1CNC(=O)CCc1cccnc1. The zero-order chi connectivity index (χ0) is 12.8. The molecule has 5 nitrogen and oxygen atoms in total. The summed E-state index contributed by atoms with van der Waals surface area (Å²) < 4.78 is 3.83. The molecule has 0 atom stereocenters. The third-order valence-corrected chi connectivity index (χ3v) is 3.38. The van der Waals surface area contributed by atoms with Crippen molar-refractivity contribution in [1.29, 1.82) is 0 Å². The molecule has 0 unspecified atom stereocenters. The normalized spacial score (nSPS) is 10.3. The van der Waals surface area contributed by atoms with Crippen LogP contribution >= 0.6 is 11.5 Å². The Labute approximate surface area is 109 Å². The number of aromatic nitrogens is 3. The van der Waals surface area contributed by atoms with E-state index in [1.54, 1.807) is 12.4 Å². The number of carbonyl (C=O) groups excluding carboxylic acids is 1. The third-order valence-electron chi connectivity index (χ3n) is 2.56. The van der Waals surface area contributed by atoms with Crippen LogP contribution in [-0.2, 0) is 17.8 Å². The van der Waals surface area contributed by atoms with Crippen molar-refractivity contribution < 1.29 is 4.79 Å². The molecule has 0 saturated carbocycles. The number of hydrogen-bond acceptors (Lipinski definition) is 5. The van der Waals surface area contributed by atoms with Crippen LogP contribution in [0.2, 0.25) is 0 Å². The minimum Gasteiger partial charge on any atom is -0.351 e. The van der Waals surface area contributed by atoms with Crippen LogP contribution in [0.5, 0.6) is 0 Å². The van der Waals surface area contributed by atoms with Gasteiger partial charge in [-0.2, -0.15) is 0 Å². The molecule has 0 aliphatic carbocycles. The summed E-state index contributed by atoms with van der Waals surface area (Å²) in [5, 5.41) is 6.76. The lowest BCUT2D eigenvalue weighted by molar-refractivity contribution is -0.121. The van der Waals surface area contributed by atoms with E-state index >= 15 is 0 Å². The van der Waals surface area contributed by atoms with Crippen LogP contribution in [0, 0.1) is 6.92 Å². The molecule has 0 saturated heterocycles. The molecule has 6 heteroatoms. The van der Waals surface area contributed by atoms with Crippen molar-refractivity contribution in [2.45, 2.75) is 26.3 Å². The molecule has 1 N–H and O–H groups in total. The molecular weight excluding hydrogens is 248 g/mol. The van der Waals surface area contributed by atoms with Crippen LogP contribution in [0.15, 0.2) is 24.5 Å². The average Bonchev–Trinajstić information content (AvgIpc) is 2.81. The molecule has 0 spiro atoms. The smallest absolute Gasteiger partial charge is 0.220 e. The van der Waals surface area contributed by atoms with Crippen molar-refractivity contribution in [3.63, 3.8) is 0 Å². The lowest BCUT2D eigenvalue weighted by Crippen LogP contribution is -2.22. The number of aryl methyl sites for hydroxylation is 2. The molecule has 0 bridgehead atoms. The fourth-order valence-electron chi connectivity index (χ4n) is 1.48. The standard InChI is InChI=1S/C12H14N4OS/c1-9-11(18-16-15-9)8-14-12(17)5-4-10-3-2-6-13-7-10/h2-3,6-7H,4-5,8H2,1H3,(H,14,17). The number of nitrogens with zero attached hydrogens (tertiary/aromatic N) is 3. The first-order valence-electron chi connectivity index (χ1n) is 5.69. The van der Waals surface area contributed by atoms with E-state index < -0.39 is 0 Å². The minimum atomic E-state index is 0.0339.